The third kappa shape index (κ3) is 10.9. The van der Waals surface area contributed by atoms with Crippen molar-refractivity contribution in [2.75, 3.05) is 6.61 Å². The van der Waals surface area contributed by atoms with Crippen LogP contribution in [0, 0.1) is 10.8 Å². The number of ether oxygens (including phenoxy) is 1. The first-order valence-electron chi connectivity index (χ1n) is 11.5. The fourth-order valence-corrected chi connectivity index (χ4v) is 9.45. The number of allylic oxidation sites excluding steroid dienone is 7. The first-order valence-corrected chi connectivity index (χ1v) is 17.9. The van der Waals surface area contributed by atoms with Gasteiger partial charge in [0.2, 0.25) is 0 Å². The molecule has 1 aromatic rings. The number of para-hydroxylation sites is 1. The minimum absolute atomic E-state index is 0.0916. The first kappa shape index (κ1) is 27.9. The number of benzene rings is 1. The standard InChI is InChI=1S/C20H30O.C6H7.C2H7Si.Ti/c1-8-16(19(2,3)4)14-17(20(5,6)7)15-21-18-12-10-9-11-13-18;1-6-4-2-3-5-6;1-3-2;/h8-14H,15H2,1-7H3;2,4H,3H2,1H3;3H,1-2H3;. The SMILES string of the molecule is CC1=[C]([Ti][SiH](C)C)CC=C1.CC=C(C=C(COc1ccccc1)C(C)(C)C)C(C)(C)C. The fourth-order valence-electron chi connectivity index (χ4n) is 3.21. The number of hydrogen-bond acceptors (Lipinski definition) is 1. The van der Waals surface area contributed by atoms with Crippen LogP contribution >= 0.6 is 0 Å². The summed E-state index contributed by atoms with van der Waals surface area (Å²) < 4.78 is 7.78. The molecule has 1 aliphatic rings. The first-order chi connectivity index (χ1) is 14.3. The van der Waals surface area contributed by atoms with Gasteiger partial charge in [0.25, 0.3) is 0 Å². The van der Waals surface area contributed by atoms with E-state index in [2.05, 4.69) is 92.8 Å². The maximum atomic E-state index is 5.96. The predicted octanol–water partition coefficient (Wildman–Crippen LogP) is 8.32. The van der Waals surface area contributed by atoms with Gasteiger partial charge >= 0.3 is 73.1 Å². The molecule has 1 nitrogen and oxygen atoms in total. The van der Waals surface area contributed by atoms with Crippen molar-refractivity contribution >= 4 is 6.66 Å². The van der Waals surface area contributed by atoms with Gasteiger partial charge in [-0.15, -0.1) is 0 Å². The molecule has 0 aromatic heterocycles. The third-order valence-corrected chi connectivity index (χ3v) is 11.4. The van der Waals surface area contributed by atoms with E-state index in [-0.39, 0.29) is 17.5 Å². The van der Waals surface area contributed by atoms with Crippen molar-refractivity contribution in [2.24, 2.45) is 10.8 Å². The van der Waals surface area contributed by atoms with E-state index >= 15 is 0 Å². The van der Waals surface area contributed by atoms with Crippen molar-refractivity contribution in [3.8, 4) is 5.75 Å². The number of rotatable bonds is 6. The van der Waals surface area contributed by atoms with Crippen LogP contribution in [0.15, 0.2) is 75.2 Å². The zero-order valence-corrected chi connectivity index (χ0v) is 24.3. The summed E-state index contributed by atoms with van der Waals surface area (Å²) in [4.78, 5) is 0. The molecule has 0 amide bonds. The molecule has 0 fully saturated rings. The smallest absolute Gasteiger partial charge is 0.119 e. The molecule has 1 aromatic carbocycles. The molecule has 0 bridgehead atoms. The molecule has 2 rings (SSSR count). The average Bonchev–Trinajstić information content (AvgIpc) is 3.05. The van der Waals surface area contributed by atoms with E-state index < -0.39 is 0 Å². The summed E-state index contributed by atoms with van der Waals surface area (Å²) in [6.07, 6.45) is 10.4. The molecule has 31 heavy (non-hydrogen) atoms. The topological polar surface area (TPSA) is 9.23 Å². The van der Waals surface area contributed by atoms with Gasteiger partial charge in [0.05, 0.1) is 0 Å². The van der Waals surface area contributed by atoms with E-state index in [1.807, 2.05) is 34.2 Å². The van der Waals surface area contributed by atoms with Crippen LogP contribution in [0.25, 0.3) is 0 Å². The van der Waals surface area contributed by atoms with Gasteiger partial charge in [-0.05, 0) is 41.0 Å². The van der Waals surface area contributed by atoms with E-state index in [1.54, 1.807) is 5.57 Å². The maximum absolute atomic E-state index is 5.96. The maximum Gasteiger partial charge on any atom is 0.119 e. The summed E-state index contributed by atoms with van der Waals surface area (Å²) in [7, 11) is 0. The second kappa shape index (κ2) is 12.8. The van der Waals surface area contributed by atoms with Crippen molar-refractivity contribution < 1.29 is 23.1 Å². The molecule has 0 saturated carbocycles. The van der Waals surface area contributed by atoms with E-state index in [0.29, 0.717) is 25.0 Å². The van der Waals surface area contributed by atoms with Crippen molar-refractivity contribution in [3.05, 3.63) is 75.2 Å². The van der Waals surface area contributed by atoms with Gasteiger partial charge in [-0.1, -0.05) is 71.9 Å². The Morgan fingerprint density at radius 3 is 2.06 bits per heavy atom. The van der Waals surface area contributed by atoms with Crippen LogP contribution in [0.5, 0.6) is 5.75 Å². The van der Waals surface area contributed by atoms with E-state index in [0.717, 1.165) is 5.75 Å². The molecule has 0 unspecified atom stereocenters. The monoisotopic (exact) mass is 472 g/mol. The summed E-state index contributed by atoms with van der Waals surface area (Å²) in [5.41, 5.74) is 4.49. The Kier molecular flexibility index (Phi) is 11.6. The third-order valence-electron chi connectivity index (χ3n) is 5.24. The van der Waals surface area contributed by atoms with Crippen LogP contribution in [0.2, 0.25) is 13.1 Å². The van der Waals surface area contributed by atoms with Gasteiger partial charge in [-0.3, -0.25) is 0 Å². The zero-order chi connectivity index (χ0) is 23.7. The Labute approximate surface area is 202 Å². The summed E-state index contributed by atoms with van der Waals surface area (Å²) in [5, 5.41) is 0. The van der Waals surface area contributed by atoms with Crippen LogP contribution in [0.4, 0.5) is 0 Å². The molecule has 0 aliphatic heterocycles. The van der Waals surface area contributed by atoms with E-state index in [9.17, 15) is 0 Å². The Hall–Kier alpha value is -1.09. The van der Waals surface area contributed by atoms with Crippen molar-refractivity contribution in [2.45, 2.75) is 74.9 Å². The predicted molar refractivity (Wildman–Crippen MR) is 138 cm³/mol. The Balaban J connectivity index is 0.000000399. The zero-order valence-electron chi connectivity index (χ0n) is 21.6. The van der Waals surface area contributed by atoms with Crippen LogP contribution in [0.1, 0.15) is 61.8 Å². The van der Waals surface area contributed by atoms with Gasteiger partial charge < -0.3 is 4.74 Å². The van der Waals surface area contributed by atoms with Crippen LogP contribution in [-0.2, 0) is 18.4 Å². The van der Waals surface area contributed by atoms with Gasteiger partial charge in [0.1, 0.15) is 12.4 Å². The van der Waals surface area contributed by atoms with Crippen molar-refractivity contribution in [3.63, 3.8) is 0 Å². The molecular formula is C28H44OSiTi. The quantitative estimate of drug-likeness (QED) is 0.299. The fraction of sp³-hybridized carbons (Fsp3) is 0.500. The largest absolute Gasteiger partial charge is 0.489 e. The second-order valence-electron chi connectivity index (χ2n) is 10.6. The average molecular weight is 473 g/mol. The van der Waals surface area contributed by atoms with Gasteiger partial charge in [0.15, 0.2) is 0 Å². The molecule has 3 heteroatoms. The number of hydrogen-bond donors (Lipinski definition) is 0. The second-order valence-corrected chi connectivity index (χ2v) is 20.9. The summed E-state index contributed by atoms with van der Waals surface area (Å²) in [5.74, 6) is 0.922. The molecule has 0 saturated heterocycles. The molecule has 170 valence electrons. The minimum Gasteiger partial charge on any atom is -0.489 e. The molecular weight excluding hydrogens is 428 g/mol. The molecule has 0 radical (unpaired) electrons. The van der Waals surface area contributed by atoms with Gasteiger partial charge in [-0.25, -0.2) is 0 Å². The van der Waals surface area contributed by atoms with Crippen molar-refractivity contribution in [1.82, 2.24) is 0 Å². The molecule has 0 atom stereocenters. The van der Waals surface area contributed by atoms with E-state index in [4.69, 9.17) is 4.74 Å². The minimum atomic E-state index is -0.235. The molecule has 1 aliphatic carbocycles. The Morgan fingerprint density at radius 1 is 1.03 bits per heavy atom. The van der Waals surface area contributed by atoms with Crippen LogP contribution < -0.4 is 4.74 Å². The summed E-state index contributed by atoms with van der Waals surface area (Å²) in [6, 6.07) is 10.0. The Morgan fingerprint density at radius 2 is 1.65 bits per heavy atom. The Bertz CT molecular complexity index is 800. The van der Waals surface area contributed by atoms with Crippen LogP contribution in [-0.4, -0.2) is 13.3 Å². The van der Waals surface area contributed by atoms with Gasteiger partial charge in [-0.2, -0.15) is 0 Å². The van der Waals surface area contributed by atoms with Crippen LogP contribution in [0.3, 0.4) is 0 Å². The molecule has 0 spiro atoms. The van der Waals surface area contributed by atoms with E-state index in [1.165, 1.54) is 17.6 Å². The normalized spacial score (nSPS) is 15.2. The van der Waals surface area contributed by atoms with Gasteiger partial charge in [0, 0.05) is 0 Å². The van der Waals surface area contributed by atoms with Crippen molar-refractivity contribution in [1.29, 1.82) is 0 Å². The molecule has 0 N–H and O–H groups in total. The summed E-state index contributed by atoms with van der Waals surface area (Å²) >= 11 is 0.350. The summed E-state index contributed by atoms with van der Waals surface area (Å²) in [6.45, 7) is 23.2. The molecule has 0 heterocycles.